The molecule has 1 aromatic rings. The van der Waals surface area contributed by atoms with Crippen LogP contribution in [0.3, 0.4) is 0 Å². The highest BCUT2D eigenvalue weighted by atomic mass is 32.2. The van der Waals surface area contributed by atoms with Crippen LogP contribution in [-0.2, 0) is 14.8 Å². The largest absolute Gasteiger partial charge is 0.487 e. The molecule has 0 bridgehead atoms. The fourth-order valence-corrected chi connectivity index (χ4v) is 5.26. The van der Waals surface area contributed by atoms with Crippen LogP contribution in [0.5, 0.6) is 5.75 Å². The number of hydrogen-bond donors (Lipinski definition) is 0. The highest BCUT2D eigenvalue weighted by Crippen LogP contribution is 2.33. The van der Waals surface area contributed by atoms with Gasteiger partial charge in [-0.3, -0.25) is 0 Å². The lowest BCUT2D eigenvalue weighted by Crippen LogP contribution is -2.47. The van der Waals surface area contributed by atoms with Crippen LogP contribution in [0.1, 0.15) is 46.0 Å². The maximum Gasteiger partial charge on any atom is 0.243 e. The summed E-state index contributed by atoms with van der Waals surface area (Å²) in [7, 11) is -3.71. The summed E-state index contributed by atoms with van der Waals surface area (Å²) >= 11 is 0. The van der Waals surface area contributed by atoms with E-state index in [0.717, 1.165) is 25.3 Å². The Balaban J connectivity index is 1.80. The lowest BCUT2D eigenvalue weighted by Gasteiger charge is -2.39. The average molecular weight is 371 g/mol. The number of nitrogens with zero attached hydrogens (tertiary/aromatic N) is 1. The molecule has 0 amide bonds. The van der Waals surface area contributed by atoms with Gasteiger partial charge in [0.05, 0.1) is 18.1 Å². The van der Waals surface area contributed by atoms with Crippen molar-refractivity contribution in [2.45, 2.75) is 69.0 Å². The van der Waals surface area contributed by atoms with Crippen molar-refractivity contribution in [1.29, 1.82) is 0 Å². The van der Waals surface area contributed by atoms with Gasteiger partial charge < -0.3 is 9.47 Å². The molecule has 2 aliphatic rings. The molecule has 1 saturated heterocycles. The van der Waals surface area contributed by atoms with Crippen LogP contribution >= 0.6 is 0 Å². The van der Waals surface area contributed by atoms with Gasteiger partial charge in [0.1, 0.15) is 6.10 Å². The van der Waals surface area contributed by atoms with Crippen LogP contribution < -0.4 is 4.74 Å². The number of halogens is 1. The Bertz CT molecular complexity index is 697. The zero-order valence-corrected chi connectivity index (χ0v) is 15.6. The molecule has 0 aromatic heterocycles. The molecule has 5 nitrogen and oxygen atoms in total. The van der Waals surface area contributed by atoms with Crippen molar-refractivity contribution in [1.82, 2.24) is 4.31 Å². The van der Waals surface area contributed by atoms with Gasteiger partial charge in [0.15, 0.2) is 11.6 Å². The summed E-state index contributed by atoms with van der Waals surface area (Å²) in [6.07, 6.45) is 4.10. The molecule has 1 saturated carbocycles. The molecule has 0 atom stereocenters. The van der Waals surface area contributed by atoms with Gasteiger partial charge in [-0.1, -0.05) is 6.42 Å². The van der Waals surface area contributed by atoms with E-state index in [2.05, 4.69) is 0 Å². The molecule has 0 radical (unpaired) electrons. The third-order valence-electron chi connectivity index (χ3n) is 4.88. The van der Waals surface area contributed by atoms with Gasteiger partial charge in [0.25, 0.3) is 0 Å². The Morgan fingerprint density at radius 1 is 1.20 bits per heavy atom. The van der Waals surface area contributed by atoms with Gasteiger partial charge in [-0.2, -0.15) is 4.31 Å². The second-order valence-corrected chi connectivity index (χ2v) is 8.88. The molecule has 0 unspecified atom stereocenters. The summed E-state index contributed by atoms with van der Waals surface area (Å²) in [5, 5.41) is 0. The van der Waals surface area contributed by atoms with Crippen LogP contribution in [0.25, 0.3) is 0 Å². The topological polar surface area (TPSA) is 55.8 Å². The summed E-state index contributed by atoms with van der Waals surface area (Å²) in [4.78, 5) is -0.00933. The molecular weight excluding hydrogens is 345 g/mol. The number of hydrogen-bond acceptors (Lipinski definition) is 4. The maximum absolute atomic E-state index is 14.5. The van der Waals surface area contributed by atoms with Crippen molar-refractivity contribution in [3.05, 3.63) is 24.0 Å². The molecule has 7 heteroatoms. The normalized spacial score (nSPS) is 20.0. The highest BCUT2D eigenvalue weighted by Gasteiger charge is 2.37. The second-order valence-electron chi connectivity index (χ2n) is 7.04. The lowest BCUT2D eigenvalue weighted by molar-refractivity contribution is 0.0240. The summed E-state index contributed by atoms with van der Waals surface area (Å²) in [6.45, 7) is 4.91. The van der Waals surface area contributed by atoms with Gasteiger partial charge in [0, 0.05) is 24.9 Å². The quantitative estimate of drug-likeness (QED) is 0.770. The minimum absolute atomic E-state index is 0.00933. The first-order valence-electron chi connectivity index (χ1n) is 8.97. The highest BCUT2D eigenvalue weighted by molar-refractivity contribution is 7.89. The maximum atomic E-state index is 14.5. The van der Waals surface area contributed by atoms with E-state index in [9.17, 15) is 12.8 Å². The molecule has 0 N–H and O–H groups in total. The molecule has 1 aliphatic heterocycles. The van der Waals surface area contributed by atoms with Crippen molar-refractivity contribution in [2.75, 3.05) is 13.2 Å². The van der Waals surface area contributed by atoms with Crippen molar-refractivity contribution in [2.24, 2.45) is 0 Å². The van der Waals surface area contributed by atoms with Gasteiger partial charge in [-0.25, -0.2) is 12.8 Å². The summed E-state index contributed by atoms with van der Waals surface area (Å²) in [6, 6.07) is 3.82. The Labute approximate surface area is 149 Å². The summed E-state index contributed by atoms with van der Waals surface area (Å²) in [5.41, 5.74) is 0. The summed E-state index contributed by atoms with van der Waals surface area (Å²) < 4.78 is 52.8. The Hall–Kier alpha value is -1.18. The van der Waals surface area contributed by atoms with E-state index in [0.29, 0.717) is 26.1 Å². The van der Waals surface area contributed by atoms with E-state index in [1.54, 1.807) is 0 Å². The van der Waals surface area contributed by atoms with Gasteiger partial charge in [0.2, 0.25) is 10.0 Å². The van der Waals surface area contributed by atoms with Crippen molar-refractivity contribution < 1.29 is 22.3 Å². The van der Waals surface area contributed by atoms with Crippen LogP contribution in [0.2, 0.25) is 0 Å². The predicted molar refractivity (Wildman–Crippen MR) is 92.7 cm³/mol. The smallest absolute Gasteiger partial charge is 0.243 e. The number of sulfonamides is 1. The monoisotopic (exact) mass is 371 g/mol. The van der Waals surface area contributed by atoms with E-state index in [1.165, 1.54) is 16.4 Å². The number of rotatable bonds is 6. The number of benzene rings is 1. The molecule has 1 heterocycles. The van der Waals surface area contributed by atoms with E-state index in [4.69, 9.17) is 9.47 Å². The van der Waals surface area contributed by atoms with Crippen molar-refractivity contribution in [3.63, 3.8) is 0 Å². The SMILES string of the molecule is CC(C)N(C1CCC1)S(=O)(=O)c1ccc(OC2CCOCC2)c(F)c1. The Morgan fingerprint density at radius 2 is 1.88 bits per heavy atom. The Morgan fingerprint density at radius 3 is 2.40 bits per heavy atom. The standard InChI is InChI=1S/C18H26FNO4S/c1-13(2)20(14-4-3-5-14)25(21,22)16-6-7-18(17(19)12-16)24-15-8-10-23-11-9-15/h6-7,12-15H,3-5,8-11H2,1-2H3. The first-order chi connectivity index (χ1) is 11.9. The lowest BCUT2D eigenvalue weighted by atomic mass is 9.92. The van der Waals surface area contributed by atoms with Gasteiger partial charge in [-0.05, 0) is 44.9 Å². The van der Waals surface area contributed by atoms with E-state index < -0.39 is 15.8 Å². The first kappa shape index (κ1) is 18.6. The fourth-order valence-electron chi connectivity index (χ4n) is 3.37. The Kier molecular flexibility index (Phi) is 5.65. The first-order valence-corrected chi connectivity index (χ1v) is 10.4. The molecular formula is C18H26FNO4S. The van der Waals surface area contributed by atoms with E-state index >= 15 is 0 Å². The number of ether oxygens (including phenoxy) is 2. The van der Waals surface area contributed by atoms with Crippen molar-refractivity contribution >= 4 is 10.0 Å². The molecule has 1 aliphatic carbocycles. The van der Waals surface area contributed by atoms with Crippen molar-refractivity contribution in [3.8, 4) is 5.75 Å². The van der Waals surface area contributed by atoms with Crippen LogP contribution in [0, 0.1) is 5.82 Å². The van der Waals surface area contributed by atoms with Crippen LogP contribution in [0.15, 0.2) is 23.1 Å². The third-order valence-corrected chi connectivity index (χ3v) is 7.01. The van der Waals surface area contributed by atoms with E-state index in [-0.39, 0.29) is 28.8 Å². The molecule has 25 heavy (non-hydrogen) atoms. The molecule has 3 rings (SSSR count). The average Bonchev–Trinajstić information content (AvgIpc) is 2.53. The molecule has 140 valence electrons. The second kappa shape index (κ2) is 7.60. The predicted octanol–water partition coefficient (Wildman–Crippen LogP) is 3.34. The summed E-state index contributed by atoms with van der Waals surface area (Å²) in [5.74, 6) is -0.532. The van der Waals surface area contributed by atoms with E-state index in [1.807, 2.05) is 13.8 Å². The minimum Gasteiger partial charge on any atom is -0.487 e. The minimum atomic E-state index is -3.71. The third kappa shape index (κ3) is 3.99. The zero-order chi connectivity index (χ0) is 18.0. The van der Waals surface area contributed by atoms with Gasteiger partial charge >= 0.3 is 0 Å². The fraction of sp³-hybridized carbons (Fsp3) is 0.667. The zero-order valence-electron chi connectivity index (χ0n) is 14.8. The molecule has 2 fully saturated rings. The van der Waals surface area contributed by atoms with Gasteiger partial charge in [-0.15, -0.1) is 0 Å². The van der Waals surface area contributed by atoms with Crippen LogP contribution in [-0.4, -0.2) is 44.1 Å². The van der Waals surface area contributed by atoms with Crippen LogP contribution in [0.4, 0.5) is 4.39 Å². The molecule has 0 spiro atoms. The molecule has 1 aromatic carbocycles.